The van der Waals surface area contributed by atoms with Crippen molar-refractivity contribution >= 4 is 51.7 Å². The van der Waals surface area contributed by atoms with Crippen molar-refractivity contribution in [3.8, 4) is 0 Å². The van der Waals surface area contributed by atoms with E-state index in [1.165, 1.54) is 16.5 Å². The van der Waals surface area contributed by atoms with Crippen LogP contribution in [0.25, 0.3) is 10.9 Å². The first-order valence-electron chi connectivity index (χ1n) is 12.1. The Bertz CT molecular complexity index is 1350. The van der Waals surface area contributed by atoms with Crippen molar-refractivity contribution in [2.75, 3.05) is 18.5 Å². The summed E-state index contributed by atoms with van der Waals surface area (Å²) < 4.78 is 1.47. The van der Waals surface area contributed by atoms with Crippen LogP contribution in [0.3, 0.4) is 0 Å². The summed E-state index contributed by atoms with van der Waals surface area (Å²) in [4.78, 5) is 55.9. The topological polar surface area (TPSA) is 134 Å². The molecule has 194 valence electrons. The van der Waals surface area contributed by atoms with Gasteiger partial charge in [0.2, 0.25) is 11.8 Å². The van der Waals surface area contributed by atoms with E-state index in [0.717, 1.165) is 18.4 Å². The van der Waals surface area contributed by atoms with Gasteiger partial charge in [-0.25, -0.2) is 4.98 Å². The molecule has 2 heterocycles. The summed E-state index contributed by atoms with van der Waals surface area (Å²) in [6.07, 6.45) is 2.48. The van der Waals surface area contributed by atoms with Crippen molar-refractivity contribution in [3.63, 3.8) is 0 Å². The van der Waals surface area contributed by atoms with Gasteiger partial charge in [-0.15, -0.1) is 0 Å². The third-order valence-electron chi connectivity index (χ3n) is 6.05. The predicted octanol–water partition coefficient (Wildman–Crippen LogP) is 2.80. The molecule has 0 spiro atoms. The maximum atomic E-state index is 13.3. The molecule has 1 aliphatic carbocycles. The molecule has 0 saturated heterocycles. The number of carbonyl (C=O) groups excluding carboxylic acids is 4. The average Bonchev–Trinajstić information content (AvgIpc) is 3.63. The summed E-state index contributed by atoms with van der Waals surface area (Å²) in [6.45, 7) is 1.07. The molecule has 2 N–H and O–H groups in total. The standard InChI is InChI=1S/C26H28ClN5O5/c1-16(34)26-20-13-17(12-19(35)4-3-11-33)7-10-21(20)32(30-26)15-25(37)31(18-8-9-18)14-24(36)29-23-6-2-5-22(27)28-23/h2,5-7,10,13,18,33H,3-4,8-9,11-12,14-15H2,1H3,(H,28,29,36). The van der Waals surface area contributed by atoms with Crippen LogP contribution in [0.2, 0.25) is 5.15 Å². The van der Waals surface area contributed by atoms with Crippen molar-refractivity contribution < 1.29 is 24.3 Å². The van der Waals surface area contributed by atoms with Crippen molar-refractivity contribution in [2.24, 2.45) is 0 Å². The van der Waals surface area contributed by atoms with Crippen molar-refractivity contribution in [2.45, 2.75) is 51.6 Å². The first kappa shape index (κ1) is 26.4. The Balaban J connectivity index is 1.51. The number of nitrogens with one attached hydrogen (secondary N) is 1. The van der Waals surface area contributed by atoms with Gasteiger partial charge in [-0.2, -0.15) is 5.10 Å². The lowest BCUT2D eigenvalue weighted by Crippen LogP contribution is -2.41. The van der Waals surface area contributed by atoms with Gasteiger partial charge in [0.1, 0.15) is 35.5 Å². The molecule has 1 aliphatic rings. The molecular formula is C26H28ClN5O5. The molecule has 1 aromatic carbocycles. The van der Waals surface area contributed by atoms with Gasteiger partial charge >= 0.3 is 0 Å². The van der Waals surface area contributed by atoms with E-state index in [1.807, 2.05) is 0 Å². The molecular weight excluding hydrogens is 498 g/mol. The number of aliphatic hydroxyl groups is 1. The molecule has 0 bridgehead atoms. The van der Waals surface area contributed by atoms with E-state index in [-0.39, 0.29) is 72.8 Å². The molecule has 0 unspecified atom stereocenters. The fraction of sp³-hybridized carbons (Fsp3) is 0.385. The average molecular weight is 526 g/mol. The molecule has 37 heavy (non-hydrogen) atoms. The van der Waals surface area contributed by atoms with Gasteiger partial charge in [0.15, 0.2) is 5.78 Å². The first-order chi connectivity index (χ1) is 17.7. The highest BCUT2D eigenvalue weighted by molar-refractivity contribution is 6.29. The highest BCUT2D eigenvalue weighted by atomic mass is 35.5. The number of Topliss-reactive ketones (excluding diaryl/α,β-unsaturated/α-hetero) is 2. The summed E-state index contributed by atoms with van der Waals surface area (Å²) >= 11 is 5.88. The number of ketones is 2. The van der Waals surface area contributed by atoms with Gasteiger partial charge in [0, 0.05) is 37.8 Å². The van der Waals surface area contributed by atoms with Crippen LogP contribution in [0.1, 0.15) is 48.7 Å². The Labute approximate surface area is 218 Å². The molecule has 0 aliphatic heterocycles. The number of benzene rings is 1. The second kappa shape index (κ2) is 11.6. The Morgan fingerprint density at radius 1 is 1.19 bits per heavy atom. The van der Waals surface area contributed by atoms with Gasteiger partial charge in [0.05, 0.1) is 5.52 Å². The number of hydrogen-bond donors (Lipinski definition) is 2. The van der Waals surface area contributed by atoms with Gasteiger partial charge in [-0.3, -0.25) is 23.9 Å². The number of pyridine rings is 1. The largest absolute Gasteiger partial charge is 0.396 e. The molecule has 2 amide bonds. The second-order valence-electron chi connectivity index (χ2n) is 9.10. The number of hydrogen-bond acceptors (Lipinski definition) is 7. The zero-order chi connectivity index (χ0) is 26.5. The zero-order valence-electron chi connectivity index (χ0n) is 20.4. The lowest BCUT2D eigenvalue weighted by atomic mass is 10.0. The van der Waals surface area contributed by atoms with E-state index in [4.69, 9.17) is 16.7 Å². The molecule has 1 fully saturated rings. The predicted molar refractivity (Wildman–Crippen MR) is 137 cm³/mol. The molecule has 1 saturated carbocycles. The molecule has 0 radical (unpaired) electrons. The minimum atomic E-state index is -0.389. The van der Waals surface area contributed by atoms with Gasteiger partial charge in [-0.05, 0) is 49.1 Å². The lowest BCUT2D eigenvalue weighted by Gasteiger charge is -2.22. The van der Waals surface area contributed by atoms with Crippen LogP contribution in [0, 0.1) is 0 Å². The Kier molecular flexibility index (Phi) is 8.30. The van der Waals surface area contributed by atoms with Crippen LogP contribution >= 0.6 is 11.6 Å². The van der Waals surface area contributed by atoms with E-state index in [1.54, 1.807) is 36.4 Å². The smallest absolute Gasteiger partial charge is 0.245 e. The molecule has 0 atom stereocenters. The monoisotopic (exact) mass is 525 g/mol. The number of nitrogens with zero attached hydrogens (tertiary/aromatic N) is 4. The summed E-state index contributed by atoms with van der Waals surface area (Å²) in [7, 11) is 0. The number of aromatic nitrogens is 3. The molecule has 2 aromatic heterocycles. The van der Waals surface area contributed by atoms with E-state index < -0.39 is 0 Å². The SMILES string of the molecule is CC(=O)c1nn(CC(=O)N(CC(=O)Nc2cccc(Cl)n2)C2CC2)c2ccc(CC(=O)CCCO)cc12. The van der Waals surface area contributed by atoms with Gasteiger partial charge < -0.3 is 15.3 Å². The molecule has 4 rings (SSSR count). The van der Waals surface area contributed by atoms with E-state index in [2.05, 4.69) is 15.4 Å². The number of aliphatic hydroxyl groups excluding tert-OH is 1. The van der Waals surface area contributed by atoms with E-state index in [9.17, 15) is 19.2 Å². The van der Waals surface area contributed by atoms with Crippen molar-refractivity contribution in [1.29, 1.82) is 0 Å². The van der Waals surface area contributed by atoms with E-state index >= 15 is 0 Å². The number of fused-ring (bicyclic) bond motifs is 1. The molecule has 3 aromatic rings. The summed E-state index contributed by atoms with van der Waals surface area (Å²) in [6, 6.07) is 10.1. The Morgan fingerprint density at radius 3 is 2.65 bits per heavy atom. The lowest BCUT2D eigenvalue weighted by molar-refractivity contribution is -0.135. The third-order valence-corrected chi connectivity index (χ3v) is 6.26. The van der Waals surface area contributed by atoms with Crippen LogP contribution in [0.4, 0.5) is 5.82 Å². The normalized spacial score (nSPS) is 12.9. The van der Waals surface area contributed by atoms with Crippen LogP contribution in [-0.2, 0) is 27.3 Å². The van der Waals surface area contributed by atoms with Crippen molar-refractivity contribution in [1.82, 2.24) is 19.7 Å². The fourth-order valence-corrected chi connectivity index (χ4v) is 4.31. The minimum Gasteiger partial charge on any atom is -0.396 e. The Hall–Kier alpha value is -3.63. The quantitative estimate of drug-likeness (QED) is 0.274. The Morgan fingerprint density at radius 2 is 1.97 bits per heavy atom. The number of halogens is 1. The van der Waals surface area contributed by atoms with Gasteiger partial charge in [-0.1, -0.05) is 23.7 Å². The molecule has 11 heteroatoms. The number of anilines is 1. The maximum absolute atomic E-state index is 13.3. The maximum Gasteiger partial charge on any atom is 0.245 e. The van der Waals surface area contributed by atoms with Crippen molar-refractivity contribution in [3.05, 3.63) is 52.8 Å². The summed E-state index contributed by atoms with van der Waals surface area (Å²) in [5.74, 6) is -0.644. The van der Waals surface area contributed by atoms with E-state index in [0.29, 0.717) is 23.1 Å². The number of amides is 2. The number of rotatable bonds is 12. The zero-order valence-corrected chi connectivity index (χ0v) is 21.2. The summed E-state index contributed by atoms with van der Waals surface area (Å²) in [5, 5.41) is 16.8. The van der Waals surface area contributed by atoms with Gasteiger partial charge in [0.25, 0.3) is 0 Å². The number of carbonyl (C=O) groups is 4. The highest BCUT2D eigenvalue weighted by Crippen LogP contribution is 2.28. The van der Waals surface area contributed by atoms with Crippen LogP contribution in [0.15, 0.2) is 36.4 Å². The van der Waals surface area contributed by atoms with Crippen LogP contribution in [0.5, 0.6) is 0 Å². The minimum absolute atomic E-state index is 0.00771. The molecule has 10 nitrogen and oxygen atoms in total. The second-order valence-corrected chi connectivity index (χ2v) is 9.49. The van der Waals surface area contributed by atoms with Crippen LogP contribution in [-0.4, -0.2) is 67.3 Å². The highest BCUT2D eigenvalue weighted by Gasteiger charge is 2.34. The van der Waals surface area contributed by atoms with Crippen LogP contribution < -0.4 is 5.32 Å². The third kappa shape index (κ3) is 6.78. The first-order valence-corrected chi connectivity index (χ1v) is 12.5. The fourth-order valence-electron chi connectivity index (χ4n) is 4.15. The summed E-state index contributed by atoms with van der Waals surface area (Å²) in [5.41, 5.74) is 1.54.